The van der Waals surface area contributed by atoms with E-state index in [0.717, 1.165) is 43.6 Å². The molecule has 0 atom stereocenters. The first-order valence-electron chi connectivity index (χ1n) is 10.1. The maximum Gasteiger partial charge on any atom is 0.266 e. The molecule has 1 aromatic carbocycles. The van der Waals surface area contributed by atoms with Crippen LogP contribution in [0.4, 0.5) is 0 Å². The van der Waals surface area contributed by atoms with Crippen LogP contribution in [0.15, 0.2) is 39.3 Å². The van der Waals surface area contributed by atoms with Crippen LogP contribution in [0.1, 0.15) is 18.7 Å². The van der Waals surface area contributed by atoms with Crippen LogP contribution in [0.25, 0.3) is 15.9 Å². The Morgan fingerprint density at radius 2 is 1.87 bits per heavy atom. The van der Waals surface area contributed by atoms with E-state index in [1.54, 1.807) is 24.3 Å². The molecule has 0 unspecified atom stereocenters. The van der Waals surface area contributed by atoms with E-state index < -0.39 is 10.0 Å². The van der Waals surface area contributed by atoms with Gasteiger partial charge in [-0.3, -0.25) is 19.2 Å². The van der Waals surface area contributed by atoms with Crippen molar-refractivity contribution in [3.05, 3.63) is 51.5 Å². The summed E-state index contributed by atoms with van der Waals surface area (Å²) in [6.45, 7) is 4.24. The second-order valence-electron chi connectivity index (χ2n) is 7.99. The van der Waals surface area contributed by atoms with Crippen LogP contribution in [-0.2, 0) is 16.6 Å². The molecule has 2 N–H and O–H groups in total. The predicted molar refractivity (Wildman–Crippen MR) is 121 cm³/mol. The molecule has 5 rings (SSSR count). The van der Waals surface area contributed by atoms with Crippen molar-refractivity contribution >= 4 is 43.2 Å². The van der Waals surface area contributed by atoms with E-state index in [2.05, 4.69) is 9.80 Å². The number of para-hydroxylation sites is 1. The Hall–Kier alpha value is -1.82. The van der Waals surface area contributed by atoms with E-state index >= 15 is 0 Å². The van der Waals surface area contributed by atoms with Gasteiger partial charge in [-0.15, -0.1) is 11.3 Å². The number of aromatic nitrogens is 2. The highest BCUT2D eigenvalue weighted by molar-refractivity contribution is 7.91. The number of halogens is 1. The molecule has 0 amide bonds. The lowest BCUT2D eigenvalue weighted by Crippen LogP contribution is -2.47. The zero-order valence-corrected chi connectivity index (χ0v) is 19.1. The summed E-state index contributed by atoms with van der Waals surface area (Å²) < 4.78 is 25.1. The number of hydrogen-bond acceptors (Lipinski definition) is 7. The number of fused-ring (bicyclic) bond motifs is 1. The van der Waals surface area contributed by atoms with Gasteiger partial charge in [-0.25, -0.2) is 18.5 Å². The first kappa shape index (κ1) is 21.0. The van der Waals surface area contributed by atoms with Crippen LogP contribution < -0.4 is 10.7 Å². The smallest absolute Gasteiger partial charge is 0.266 e. The second kappa shape index (κ2) is 7.95. The van der Waals surface area contributed by atoms with Crippen LogP contribution in [0.3, 0.4) is 0 Å². The SMILES string of the molecule is NS(=O)(=O)c1cc2c(=O)n(-c3ccccc3Cl)c(CN3CCN(C4CC4)CC3)nc2s1. The van der Waals surface area contributed by atoms with Crippen molar-refractivity contribution in [2.45, 2.75) is 29.6 Å². The molecular formula is C20H22ClN5O3S2. The van der Waals surface area contributed by atoms with Gasteiger partial charge in [0.05, 0.1) is 22.6 Å². The molecule has 164 valence electrons. The van der Waals surface area contributed by atoms with E-state index in [1.165, 1.54) is 23.5 Å². The van der Waals surface area contributed by atoms with Crippen molar-refractivity contribution in [1.82, 2.24) is 19.4 Å². The first-order valence-corrected chi connectivity index (χ1v) is 12.8. The normalized spacial score (nSPS) is 18.6. The van der Waals surface area contributed by atoms with Gasteiger partial charge in [0.15, 0.2) is 0 Å². The minimum atomic E-state index is -3.93. The number of primary sulfonamides is 1. The summed E-state index contributed by atoms with van der Waals surface area (Å²) in [5.74, 6) is 0.535. The van der Waals surface area contributed by atoms with Gasteiger partial charge in [0.1, 0.15) is 14.9 Å². The van der Waals surface area contributed by atoms with Crippen molar-refractivity contribution in [3.63, 3.8) is 0 Å². The summed E-state index contributed by atoms with van der Waals surface area (Å²) in [6, 6.07) is 9.12. The van der Waals surface area contributed by atoms with Crippen molar-refractivity contribution < 1.29 is 8.42 Å². The van der Waals surface area contributed by atoms with Gasteiger partial charge in [0, 0.05) is 32.2 Å². The molecule has 2 aromatic heterocycles. The number of rotatable bonds is 5. The molecule has 1 saturated carbocycles. The molecule has 3 aromatic rings. The predicted octanol–water partition coefficient (Wildman–Crippen LogP) is 2.03. The number of nitrogens with two attached hydrogens (primary N) is 1. The highest BCUT2D eigenvalue weighted by Crippen LogP contribution is 2.29. The topological polar surface area (TPSA) is 102 Å². The Kier molecular flexibility index (Phi) is 5.40. The third-order valence-corrected chi connectivity index (χ3v) is 8.59. The van der Waals surface area contributed by atoms with Gasteiger partial charge in [0.2, 0.25) is 10.0 Å². The monoisotopic (exact) mass is 479 g/mol. The van der Waals surface area contributed by atoms with Crippen molar-refractivity contribution in [1.29, 1.82) is 0 Å². The summed E-state index contributed by atoms with van der Waals surface area (Å²) in [5, 5.41) is 5.93. The van der Waals surface area contributed by atoms with Crippen molar-refractivity contribution in [2.24, 2.45) is 5.14 Å². The molecule has 1 aliphatic heterocycles. The fraction of sp³-hybridized carbons (Fsp3) is 0.400. The van der Waals surface area contributed by atoms with Crippen LogP contribution in [-0.4, -0.2) is 60.0 Å². The quantitative estimate of drug-likeness (QED) is 0.600. The second-order valence-corrected chi connectivity index (χ2v) is 11.2. The zero-order valence-electron chi connectivity index (χ0n) is 16.7. The van der Waals surface area contributed by atoms with Gasteiger partial charge < -0.3 is 0 Å². The lowest BCUT2D eigenvalue weighted by atomic mass is 10.2. The van der Waals surface area contributed by atoms with E-state index in [0.29, 0.717) is 27.9 Å². The number of hydrogen-bond donors (Lipinski definition) is 1. The third-order valence-electron chi connectivity index (χ3n) is 5.82. The molecule has 11 heteroatoms. The summed E-state index contributed by atoms with van der Waals surface area (Å²) >= 11 is 7.33. The number of benzene rings is 1. The summed E-state index contributed by atoms with van der Waals surface area (Å²) in [6.07, 6.45) is 2.57. The number of piperazine rings is 1. The highest BCUT2D eigenvalue weighted by atomic mass is 35.5. The van der Waals surface area contributed by atoms with Crippen LogP contribution in [0, 0.1) is 0 Å². The number of thiophene rings is 1. The fourth-order valence-electron chi connectivity index (χ4n) is 4.05. The molecule has 0 radical (unpaired) electrons. The van der Waals surface area contributed by atoms with Crippen LogP contribution in [0.5, 0.6) is 0 Å². The fourth-order valence-corrected chi connectivity index (χ4v) is 6.03. The molecule has 3 heterocycles. The van der Waals surface area contributed by atoms with E-state index in [-0.39, 0.29) is 15.2 Å². The molecule has 31 heavy (non-hydrogen) atoms. The standard InChI is InChI=1S/C20H22ClN5O3S2/c21-15-3-1-2-4-16(15)26-17(12-24-7-9-25(10-8-24)13-5-6-13)23-19-14(20(26)27)11-18(30-19)31(22,28)29/h1-4,11,13H,5-10,12H2,(H2,22,28,29). The van der Waals surface area contributed by atoms with E-state index in [1.807, 2.05) is 0 Å². The summed E-state index contributed by atoms with van der Waals surface area (Å²) in [5.41, 5.74) is 0.175. The Bertz CT molecular complexity index is 1310. The Morgan fingerprint density at radius 3 is 2.52 bits per heavy atom. The van der Waals surface area contributed by atoms with Crippen LogP contribution in [0.2, 0.25) is 5.02 Å². The Morgan fingerprint density at radius 1 is 1.16 bits per heavy atom. The largest absolute Gasteiger partial charge is 0.298 e. The molecule has 2 fully saturated rings. The lowest BCUT2D eigenvalue weighted by molar-refractivity contribution is 0.119. The minimum Gasteiger partial charge on any atom is -0.298 e. The van der Waals surface area contributed by atoms with Gasteiger partial charge >= 0.3 is 0 Å². The first-order chi connectivity index (χ1) is 14.8. The molecule has 8 nitrogen and oxygen atoms in total. The summed E-state index contributed by atoms with van der Waals surface area (Å²) in [7, 11) is -3.93. The van der Waals surface area contributed by atoms with Gasteiger partial charge in [-0.1, -0.05) is 23.7 Å². The Labute approximate surface area is 188 Å². The summed E-state index contributed by atoms with van der Waals surface area (Å²) in [4.78, 5) is 23.3. The maximum atomic E-state index is 13.4. The number of nitrogens with zero attached hydrogens (tertiary/aromatic N) is 4. The molecule has 0 bridgehead atoms. The van der Waals surface area contributed by atoms with E-state index in [4.69, 9.17) is 21.7 Å². The molecular weight excluding hydrogens is 458 g/mol. The minimum absolute atomic E-state index is 0.0759. The van der Waals surface area contributed by atoms with Gasteiger partial charge in [0.25, 0.3) is 5.56 Å². The zero-order chi connectivity index (χ0) is 21.8. The third kappa shape index (κ3) is 4.15. The molecule has 1 saturated heterocycles. The molecule has 1 aliphatic carbocycles. The van der Waals surface area contributed by atoms with Crippen molar-refractivity contribution in [3.8, 4) is 5.69 Å². The lowest BCUT2D eigenvalue weighted by Gasteiger charge is -2.34. The van der Waals surface area contributed by atoms with Crippen LogP contribution >= 0.6 is 22.9 Å². The van der Waals surface area contributed by atoms with E-state index in [9.17, 15) is 13.2 Å². The maximum absolute atomic E-state index is 13.4. The van der Waals surface area contributed by atoms with Crippen molar-refractivity contribution in [2.75, 3.05) is 26.2 Å². The van der Waals surface area contributed by atoms with Gasteiger partial charge in [-0.2, -0.15) is 0 Å². The average Bonchev–Trinajstić information content (AvgIpc) is 3.48. The van der Waals surface area contributed by atoms with Gasteiger partial charge in [-0.05, 0) is 31.0 Å². The average molecular weight is 480 g/mol. The highest BCUT2D eigenvalue weighted by Gasteiger charge is 2.31. The Balaban J connectivity index is 1.58. The molecule has 0 spiro atoms. The molecule has 2 aliphatic rings. The number of sulfonamides is 1.